The van der Waals surface area contributed by atoms with Crippen molar-refractivity contribution >= 4 is 21.5 Å². The van der Waals surface area contributed by atoms with Crippen LogP contribution >= 0.6 is 0 Å². The molecule has 0 saturated carbocycles. The molecular formula is C57H36. The Balaban J connectivity index is 0.896. The zero-order valence-corrected chi connectivity index (χ0v) is 31.3. The third-order valence-electron chi connectivity index (χ3n) is 12.7. The second kappa shape index (κ2) is 12.4. The number of hydrogen-bond acceptors (Lipinski definition) is 0. The van der Waals surface area contributed by atoms with Crippen LogP contribution in [0.3, 0.4) is 0 Å². The third-order valence-corrected chi connectivity index (χ3v) is 12.7. The number of fused-ring (bicyclic) bond motifs is 7. The molecule has 10 aromatic rings. The Kier molecular flexibility index (Phi) is 6.94. The molecule has 0 unspecified atom stereocenters. The summed E-state index contributed by atoms with van der Waals surface area (Å²) in [6.07, 6.45) is 0. The van der Waals surface area contributed by atoms with E-state index in [1.165, 1.54) is 111 Å². The van der Waals surface area contributed by atoms with Gasteiger partial charge in [-0.1, -0.05) is 188 Å². The van der Waals surface area contributed by atoms with E-state index in [1.807, 2.05) is 0 Å². The van der Waals surface area contributed by atoms with Gasteiger partial charge in [0.05, 0.1) is 5.41 Å². The summed E-state index contributed by atoms with van der Waals surface area (Å²) in [5.41, 5.74) is 20.2. The molecule has 57 heavy (non-hydrogen) atoms. The second-order valence-electron chi connectivity index (χ2n) is 15.6. The predicted octanol–water partition coefficient (Wildman–Crippen LogP) is 15.0. The minimum absolute atomic E-state index is 0.407. The van der Waals surface area contributed by atoms with Crippen LogP contribution in [0.25, 0.3) is 88.3 Å². The lowest BCUT2D eigenvalue weighted by atomic mass is 9.67. The van der Waals surface area contributed by atoms with Crippen molar-refractivity contribution < 1.29 is 0 Å². The molecule has 12 rings (SSSR count). The molecule has 0 heteroatoms. The third kappa shape index (κ3) is 4.74. The van der Waals surface area contributed by atoms with E-state index >= 15 is 0 Å². The SMILES string of the molecule is c1ccc(C2(c3ccccc3)c3ccccc3-c3ccc(-c4ccc(-c5ccc6cc(-c7cc8c9c(cccc9c7)-c7ccccc7-8)ccc6c5)cc4)cc32)cc1. The van der Waals surface area contributed by atoms with Gasteiger partial charge in [-0.2, -0.15) is 0 Å². The zero-order valence-electron chi connectivity index (χ0n) is 31.3. The van der Waals surface area contributed by atoms with Crippen molar-refractivity contribution in [2.45, 2.75) is 5.41 Å². The molecule has 2 aliphatic rings. The summed E-state index contributed by atoms with van der Waals surface area (Å²) in [4.78, 5) is 0. The topological polar surface area (TPSA) is 0 Å². The lowest BCUT2D eigenvalue weighted by Crippen LogP contribution is -2.28. The largest absolute Gasteiger partial charge is 0.0713 e. The van der Waals surface area contributed by atoms with Crippen LogP contribution in [0.2, 0.25) is 0 Å². The van der Waals surface area contributed by atoms with Crippen LogP contribution in [0.1, 0.15) is 22.3 Å². The van der Waals surface area contributed by atoms with E-state index < -0.39 is 5.41 Å². The highest BCUT2D eigenvalue weighted by Crippen LogP contribution is 2.57. The van der Waals surface area contributed by atoms with Crippen molar-refractivity contribution in [3.63, 3.8) is 0 Å². The Labute approximate surface area is 333 Å². The van der Waals surface area contributed by atoms with Gasteiger partial charge in [0.2, 0.25) is 0 Å². The number of benzene rings is 10. The van der Waals surface area contributed by atoms with E-state index in [-0.39, 0.29) is 0 Å². The van der Waals surface area contributed by atoms with Gasteiger partial charge in [0.1, 0.15) is 0 Å². The van der Waals surface area contributed by atoms with E-state index in [9.17, 15) is 0 Å². The standard InChI is InChI=1S/C57H36/c1-3-13-46(14-4-1)57(47-15-5-2-6-16-47)54-21-10-9-19-50(54)51-31-30-43(36-55(51)57)38-24-22-37(23-25-38)39-26-27-41-33-42(29-28-40(41)32-39)45-34-44-12-11-20-52-48-17-7-8-18-49(48)53(35-45)56(44)52/h1-36H. The maximum absolute atomic E-state index is 2.44. The fourth-order valence-corrected chi connectivity index (χ4v) is 10.1. The van der Waals surface area contributed by atoms with E-state index in [2.05, 4.69) is 218 Å². The minimum Gasteiger partial charge on any atom is -0.0622 e. The molecule has 0 aromatic heterocycles. The molecule has 2 aliphatic carbocycles. The van der Waals surface area contributed by atoms with E-state index in [0.29, 0.717) is 0 Å². The summed E-state index contributed by atoms with van der Waals surface area (Å²) in [7, 11) is 0. The summed E-state index contributed by atoms with van der Waals surface area (Å²) in [6.45, 7) is 0. The molecule has 0 radical (unpaired) electrons. The average Bonchev–Trinajstić information content (AvgIpc) is 3.77. The van der Waals surface area contributed by atoms with Crippen molar-refractivity contribution in [2.24, 2.45) is 0 Å². The van der Waals surface area contributed by atoms with Crippen LogP contribution in [0.4, 0.5) is 0 Å². The lowest BCUT2D eigenvalue weighted by Gasteiger charge is -2.34. The molecule has 10 aromatic carbocycles. The van der Waals surface area contributed by atoms with Crippen molar-refractivity contribution in [1.82, 2.24) is 0 Å². The Hall–Kier alpha value is -7.28. The van der Waals surface area contributed by atoms with Crippen molar-refractivity contribution in [2.75, 3.05) is 0 Å². The van der Waals surface area contributed by atoms with Crippen molar-refractivity contribution in [1.29, 1.82) is 0 Å². The number of hydrogen-bond donors (Lipinski definition) is 0. The predicted molar refractivity (Wildman–Crippen MR) is 239 cm³/mol. The molecule has 0 fully saturated rings. The van der Waals surface area contributed by atoms with Gasteiger partial charge in [0, 0.05) is 0 Å². The molecule has 0 nitrogen and oxygen atoms in total. The molecule has 0 spiro atoms. The molecular weight excluding hydrogens is 685 g/mol. The van der Waals surface area contributed by atoms with Crippen LogP contribution < -0.4 is 0 Å². The summed E-state index contributed by atoms with van der Waals surface area (Å²) in [6, 6.07) is 81.3. The lowest BCUT2D eigenvalue weighted by molar-refractivity contribution is 0.769. The number of rotatable bonds is 5. The van der Waals surface area contributed by atoms with Crippen LogP contribution in [0.5, 0.6) is 0 Å². The minimum atomic E-state index is -0.407. The van der Waals surface area contributed by atoms with Gasteiger partial charge in [0.25, 0.3) is 0 Å². The van der Waals surface area contributed by atoms with Crippen LogP contribution in [-0.4, -0.2) is 0 Å². The first-order valence-corrected chi connectivity index (χ1v) is 19.9. The van der Waals surface area contributed by atoms with E-state index in [4.69, 9.17) is 0 Å². The fraction of sp³-hybridized carbons (Fsp3) is 0.0175. The molecule has 0 saturated heterocycles. The summed E-state index contributed by atoms with van der Waals surface area (Å²) < 4.78 is 0. The fourth-order valence-electron chi connectivity index (χ4n) is 10.1. The van der Waals surface area contributed by atoms with Gasteiger partial charge in [-0.05, 0) is 141 Å². The molecule has 0 heterocycles. The van der Waals surface area contributed by atoms with Crippen molar-refractivity contribution in [3.05, 3.63) is 241 Å². The first-order chi connectivity index (χ1) is 28.2. The Morgan fingerprint density at radius 1 is 0.228 bits per heavy atom. The highest BCUT2D eigenvalue weighted by atomic mass is 14.5. The zero-order chi connectivity index (χ0) is 37.5. The summed E-state index contributed by atoms with van der Waals surface area (Å²) in [5.74, 6) is 0. The Morgan fingerprint density at radius 3 is 1.37 bits per heavy atom. The molecule has 0 aliphatic heterocycles. The molecule has 0 N–H and O–H groups in total. The van der Waals surface area contributed by atoms with Gasteiger partial charge < -0.3 is 0 Å². The van der Waals surface area contributed by atoms with Gasteiger partial charge in [-0.3, -0.25) is 0 Å². The van der Waals surface area contributed by atoms with Crippen molar-refractivity contribution in [3.8, 4) is 66.8 Å². The van der Waals surface area contributed by atoms with Gasteiger partial charge in [-0.25, -0.2) is 0 Å². The monoisotopic (exact) mass is 720 g/mol. The first-order valence-electron chi connectivity index (χ1n) is 19.9. The Morgan fingerprint density at radius 2 is 0.702 bits per heavy atom. The van der Waals surface area contributed by atoms with Gasteiger partial charge in [-0.15, -0.1) is 0 Å². The molecule has 0 bridgehead atoms. The highest BCUT2D eigenvalue weighted by Gasteiger charge is 2.46. The maximum Gasteiger partial charge on any atom is 0.0713 e. The molecule has 0 atom stereocenters. The highest BCUT2D eigenvalue weighted by molar-refractivity contribution is 6.16. The summed E-state index contributed by atoms with van der Waals surface area (Å²) in [5, 5.41) is 5.16. The van der Waals surface area contributed by atoms with Crippen LogP contribution in [-0.2, 0) is 5.41 Å². The van der Waals surface area contributed by atoms with Crippen LogP contribution in [0.15, 0.2) is 218 Å². The van der Waals surface area contributed by atoms with E-state index in [1.54, 1.807) is 0 Å². The van der Waals surface area contributed by atoms with Crippen LogP contribution in [0, 0.1) is 0 Å². The average molecular weight is 721 g/mol. The second-order valence-corrected chi connectivity index (χ2v) is 15.6. The quantitative estimate of drug-likeness (QED) is 0.166. The smallest absolute Gasteiger partial charge is 0.0622 e. The molecule has 0 amide bonds. The first kappa shape index (κ1) is 32.0. The normalized spacial score (nSPS) is 13.1. The van der Waals surface area contributed by atoms with E-state index in [0.717, 1.165) is 0 Å². The maximum atomic E-state index is 2.44. The van der Waals surface area contributed by atoms with Gasteiger partial charge >= 0.3 is 0 Å². The van der Waals surface area contributed by atoms with Gasteiger partial charge in [0.15, 0.2) is 0 Å². The molecule has 264 valence electrons. The Bertz CT molecular complexity index is 3170. The summed E-state index contributed by atoms with van der Waals surface area (Å²) >= 11 is 0.